The monoisotopic (exact) mass is 136 g/mol. The Kier molecular flexibility index (Phi) is 1.02. The number of hydrogen-bond acceptors (Lipinski definition) is 2. The van der Waals surface area contributed by atoms with E-state index in [-0.39, 0.29) is 0 Å². The van der Waals surface area contributed by atoms with Crippen molar-refractivity contribution in [3.63, 3.8) is 0 Å². The number of azo groups is 1. The maximum Gasteiger partial charge on any atom is 0.0877 e. The SMILES string of the molecule is CC(C)=C1CC2(CC2)N=N1. The lowest BCUT2D eigenvalue weighted by Crippen LogP contribution is -1.97. The number of allylic oxidation sites excluding steroid dienone is 1. The maximum absolute atomic E-state index is 4.25. The Morgan fingerprint density at radius 2 is 2.10 bits per heavy atom. The summed E-state index contributed by atoms with van der Waals surface area (Å²) in [4.78, 5) is 0. The van der Waals surface area contributed by atoms with E-state index in [4.69, 9.17) is 0 Å². The third-order valence-corrected chi connectivity index (χ3v) is 2.28. The Morgan fingerprint density at radius 3 is 2.40 bits per heavy atom. The molecule has 0 radical (unpaired) electrons. The summed E-state index contributed by atoms with van der Waals surface area (Å²) in [5.41, 5.74) is 2.84. The van der Waals surface area contributed by atoms with Gasteiger partial charge in [-0.25, -0.2) is 0 Å². The van der Waals surface area contributed by atoms with Gasteiger partial charge in [-0.15, -0.1) is 0 Å². The van der Waals surface area contributed by atoms with Gasteiger partial charge in [0.15, 0.2) is 0 Å². The fourth-order valence-electron chi connectivity index (χ4n) is 1.25. The molecular formula is C8H12N2. The summed E-state index contributed by atoms with van der Waals surface area (Å²) in [6.45, 7) is 4.21. The molecule has 0 unspecified atom stereocenters. The van der Waals surface area contributed by atoms with Crippen LogP contribution in [0.1, 0.15) is 33.1 Å². The van der Waals surface area contributed by atoms with Crippen LogP contribution in [0.3, 0.4) is 0 Å². The van der Waals surface area contributed by atoms with E-state index in [1.165, 1.54) is 24.1 Å². The van der Waals surface area contributed by atoms with Crippen molar-refractivity contribution in [1.29, 1.82) is 0 Å². The lowest BCUT2D eigenvalue weighted by atomic mass is 10.1. The zero-order valence-corrected chi connectivity index (χ0v) is 6.52. The smallest absolute Gasteiger partial charge is 0.0877 e. The highest BCUT2D eigenvalue weighted by Gasteiger charge is 2.47. The molecule has 0 aromatic carbocycles. The van der Waals surface area contributed by atoms with Crippen LogP contribution < -0.4 is 0 Å². The minimum absolute atomic E-state index is 0.298. The van der Waals surface area contributed by atoms with Gasteiger partial charge >= 0.3 is 0 Å². The summed E-state index contributed by atoms with van der Waals surface area (Å²) >= 11 is 0. The predicted molar refractivity (Wildman–Crippen MR) is 39.8 cm³/mol. The molecule has 1 spiro atoms. The van der Waals surface area contributed by atoms with Crippen molar-refractivity contribution in [2.45, 2.75) is 38.6 Å². The molecule has 1 heterocycles. The van der Waals surface area contributed by atoms with Gasteiger partial charge in [0.25, 0.3) is 0 Å². The molecule has 0 N–H and O–H groups in total. The predicted octanol–water partition coefficient (Wildman–Crippen LogP) is 2.67. The van der Waals surface area contributed by atoms with Gasteiger partial charge < -0.3 is 0 Å². The molecule has 0 aromatic heterocycles. The molecule has 1 saturated carbocycles. The molecule has 2 rings (SSSR count). The summed E-state index contributed by atoms with van der Waals surface area (Å²) in [5, 5.41) is 8.40. The molecule has 0 amide bonds. The van der Waals surface area contributed by atoms with Gasteiger partial charge in [0.05, 0.1) is 11.2 Å². The van der Waals surface area contributed by atoms with Crippen LogP contribution in [-0.2, 0) is 0 Å². The first-order chi connectivity index (χ1) is 4.72. The zero-order valence-electron chi connectivity index (χ0n) is 6.52. The van der Waals surface area contributed by atoms with E-state index >= 15 is 0 Å². The van der Waals surface area contributed by atoms with Crippen molar-refractivity contribution >= 4 is 0 Å². The first-order valence-corrected chi connectivity index (χ1v) is 3.81. The van der Waals surface area contributed by atoms with Crippen LogP contribution >= 0.6 is 0 Å². The van der Waals surface area contributed by atoms with Crippen molar-refractivity contribution in [1.82, 2.24) is 0 Å². The number of rotatable bonds is 0. The highest BCUT2D eigenvalue weighted by molar-refractivity contribution is 5.21. The average Bonchev–Trinajstić information content (AvgIpc) is 2.41. The van der Waals surface area contributed by atoms with E-state index < -0.39 is 0 Å². The summed E-state index contributed by atoms with van der Waals surface area (Å²) in [7, 11) is 0. The highest BCUT2D eigenvalue weighted by atomic mass is 15.2. The second kappa shape index (κ2) is 1.68. The number of nitrogens with zero attached hydrogens (tertiary/aromatic N) is 2. The first kappa shape index (κ1) is 6.08. The van der Waals surface area contributed by atoms with Crippen LogP contribution in [0, 0.1) is 0 Å². The standard InChI is InChI=1S/C8H12N2/c1-6(2)7-5-8(3-4-8)10-9-7/h3-5H2,1-2H3. The molecule has 10 heavy (non-hydrogen) atoms. The van der Waals surface area contributed by atoms with Gasteiger partial charge in [-0.05, 0) is 26.7 Å². The summed E-state index contributed by atoms with van der Waals surface area (Å²) < 4.78 is 0. The second-order valence-corrected chi connectivity index (χ2v) is 3.55. The quantitative estimate of drug-likeness (QED) is 0.489. The Morgan fingerprint density at radius 1 is 1.40 bits per heavy atom. The minimum Gasteiger partial charge on any atom is -0.182 e. The van der Waals surface area contributed by atoms with Crippen LogP contribution in [-0.4, -0.2) is 5.54 Å². The molecule has 1 aliphatic carbocycles. The Labute approximate surface area is 61.0 Å². The van der Waals surface area contributed by atoms with Crippen LogP contribution in [0.5, 0.6) is 0 Å². The van der Waals surface area contributed by atoms with Crippen LogP contribution in [0.4, 0.5) is 0 Å². The van der Waals surface area contributed by atoms with Crippen molar-refractivity contribution in [2.24, 2.45) is 10.2 Å². The fourth-order valence-corrected chi connectivity index (χ4v) is 1.25. The molecular weight excluding hydrogens is 124 g/mol. The van der Waals surface area contributed by atoms with Gasteiger partial charge in [0, 0.05) is 6.42 Å². The zero-order chi connectivity index (χ0) is 7.19. The fraction of sp³-hybridized carbons (Fsp3) is 0.750. The highest BCUT2D eigenvalue weighted by Crippen LogP contribution is 2.49. The van der Waals surface area contributed by atoms with Gasteiger partial charge in [-0.1, -0.05) is 5.57 Å². The largest absolute Gasteiger partial charge is 0.182 e. The lowest BCUT2D eigenvalue weighted by molar-refractivity contribution is 0.706. The molecule has 0 aromatic rings. The van der Waals surface area contributed by atoms with Crippen molar-refractivity contribution < 1.29 is 0 Å². The van der Waals surface area contributed by atoms with Crippen LogP contribution in [0.15, 0.2) is 21.5 Å². The maximum atomic E-state index is 4.25. The molecule has 2 nitrogen and oxygen atoms in total. The van der Waals surface area contributed by atoms with Crippen LogP contribution in [0.25, 0.3) is 0 Å². The van der Waals surface area contributed by atoms with E-state index in [2.05, 4.69) is 24.1 Å². The normalized spacial score (nSPS) is 26.0. The van der Waals surface area contributed by atoms with Gasteiger partial charge in [-0.3, -0.25) is 0 Å². The third kappa shape index (κ3) is 0.789. The van der Waals surface area contributed by atoms with Crippen LogP contribution in [0.2, 0.25) is 0 Å². The molecule has 54 valence electrons. The van der Waals surface area contributed by atoms with Crippen molar-refractivity contribution in [3.8, 4) is 0 Å². The molecule has 0 saturated heterocycles. The minimum atomic E-state index is 0.298. The van der Waals surface area contributed by atoms with E-state index in [1.807, 2.05) is 0 Å². The van der Waals surface area contributed by atoms with Crippen molar-refractivity contribution in [3.05, 3.63) is 11.3 Å². The summed E-state index contributed by atoms with van der Waals surface area (Å²) in [6, 6.07) is 0. The third-order valence-electron chi connectivity index (χ3n) is 2.28. The summed E-state index contributed by atoms with van der Waals surface area (Å²) in [6.07, 6.45) is 3.62. The Bertz CT molecular complexity index is 217. The van der Waals surface area contributed by atoms with E-state index in [9.17, 15) is 0 Å². The Hall–Kier alpha value is -0.660. The Balaban J connectivity index is 2.22. The van der Waals surface area contributed by atoms with E-state index in [1.54, 1.807) is 0 Å². The van der Waals surface area contributed by atoms with Gasteiger partial charge in [0.2, 0.25) is 0 Å². The van der Waals surface area contributed by atoms with Gasteiger partial charge in [-0.2, -0.15) is 10.2 Å². The van der Waals surface area contributed by atoms with Crippen molar-refractivity contribution in [2.75, 3.05) is 0 Å². The molecule has 2 heteroatoms. The molecule has 2 aliphatic rings. The topological polar surface area (TPSA) is 24.7 Å². The molecule has 1 aliphatic heterocycles. The molecule has 1 fully saturated rings. The number of hydrogen-bond donors (Lipinski definition) is 0. The molecule has 0 atom stereocenters. The van der Waals surface area contributed by atoms with Gasteiger partial charge in [0.1, 0.15) is 0 Å². The lowest BCUT2D eigenvalue weighted by Gasteiger charge is -1.96. The first-order valence-electron chi connectivity index (χ1n) is 3.81. The second-order valence-electron chi connectivity index (χ2n) is 3.55. The van der Waals surface area contributed by atoms with E-state index in [0.717, 1.165) is 6.42 Å². The summed E-state index contributed by atoms with van der Waals surface area (Å²) in [5.74, 6) is 0. The van der Waals surface area contributed by atoms with E-state index in [0.29, 0.717) is 5.54 Å². The average molecular weight is 136 g/mol. The molecule has 0 bridgehead atoms.